The van der Waals surface area contributed by atoms with Gasteiger partial charge in [0.25, 0.3) is 0 Å². The van der Waals surface area contributed by atoms with Crippen LogP contribution in [-0.2, 0) is 4.79 Å². The molecule has 0 aliphatic rings. The molecule has 0 saturated heterocycles. The maximum Gasteiger partial charge on any atom is 0.248 e. The van der Waals surface area contributed by atoms with Crippen molar-refractivity contribution in [3.63, 3.8) is 0 Å². The lowest BCUT2D eigenvalue weighted by atomic mass is 10.3. The van der Waals surface area contributed by atoms with E-state index in [1.165, 1.54) is 6.08 Å². The Morgan fingerprint density at radius 2 is 1.93 bits per heavy atom. The van der Waals surface area contributed by atoms with Crippen LogP contribution in [-0.4, -0.2) is 5.91 Å². The fourth-order valence-corrected chi connectivity index (χ4v) is 2.84. The third-order valence-corrected chi connectivity index (χ3v) is 3.04. The van der Waals surface area contributed by atoms with E-state index in [0.717, 1.165) is 8.95 Å². The molecule has 1 N–H and O–H groups in total. The van der Waals surface area contributed by atoms with Crippen LogP contribution in [0.1, 0.15) is 6.92 Å². The molecule has 0 aliphatic carbocycles. The van der Waals surface area contributed by atoms with Crippen molar-refractivity contribution in [1.82, 2.24) is 0 Å². The molecule has 0 bridgehead atoms. The molecule has 0 unspecified atom stereocenters. The Kier molecular flexibility index (Phi) is 4.83. The second-order valence-corrected chi connectivity index (χ2v) is 4.88. The summed E-state index contributed by atoms with van der Waals surface area (Å²) < 4.78 is 1.47. The first-order valence-electron chi connectivity index (χ1n) is 4.13. The molecular formula is C10H8Br2ClNO. The lowest BCUT2D eigenvalue weighted by molar-refractivity contribution is -0.111. The van der Waals surface area contributed by atoms with E-state index in [1.54, 1.807) is 25.1 Å². The van der Waals surface area contributed by atoms with Gasteiger partial charge in [-0.05, 0) is 57.0 Å². The SMILES string of the molecule is C/C=C/C(=O)Nc1c(Br)cc(Cl)cc1Br. The highest BCUT2D eigenvalue weighted by Gasteiger charge is 2.08. The first-order chi connectivity index (χ1) is 7.04. The second-order valence-electron chi connectivity index (χ2n) is 2.73. The Morgan fingerprint density at radius 3 is 2.40 bits per heavy atom. The first-order valence-corrected chi connectivity index (χ1v) is 6.09. The molecule has 0 aliphatic heterocycles. The number of carbonyl (C=O) groups excluding carboxylic acids is 1. The van der Waals surface area contributed by atoms with Crippen molar-refractivity contribution in [3.05, 3.63) is 38.3 Å². The van der Waals surface area contributed by atoms with Crippen LogP contribution in [0, 0.1) is 0 Å². The van der Waals surface area contributed by atoms with Gasteiger partial charge >= 0.3 is 0 Å². The van der Waals surface area contributed by atoms with E-state index in [-0.39, 0.29) is 5.91 Å². The number of nitrogens with one attached hydrogen (secondary N) is 1. The molecule has 0 atom stereocenters. The maximum atomic E-state index is 11.3. The third kappa shape index (κ3) is 3.63. The van der Waals surface area contributed by atoms with E-state index in [9.17, 15) is 4.79 Å². The van der Waals surface area contributed by atoms with Gasteiger partial charge in [-0.25, -0.2) is 0 Å². The quantitative estimate of drug-likeness (QED) is 0.786. The summed E-state index contributed by atoms with van der Waals surface area (Å²) in [5, 5.41) is 3.32. The fraction of sp³-hybridized carbons (Fsp3) is 0.100. The van der Waals surface area contributed by atoms with Crippen molar-refractivity contribution in [1.29, 1.82) is 0 Å². The van der Waals surface area contributed by atoms with Gasteiger partial charge in [0, 0.05) is 14.0 Å². The Bertz CT molecular complexity index is 395. The molecule has 80 valence electrons. The highest BCUT2D eigenvalue weighted by Crippen LogP contribution is 2.34. The molecule has 1 aromatic carbocycles. The molecule has 2 nitrogen and oxygen atoms in total. The number of benzene rings is 1. The van der Waals surface area contributed by atoms with Gasteiger partial charge in [-0.2, -0.15) is 0 Å². The van der Waals surface area contributed by atoms with Gasteiger partial charge < -0.3 is 5.32 Å². The molecule has 0 radical (unpaired) electrons. The molecule has 15 heavy (non-hydrogen) atoms. The number of hydrogen-bond donors (Lipinski definition) is 1. The Balaban J connectivity index is 3.00. The molecular weight excluding hydrogens is 345 g/mol. The number of halogens is 3. The van der Waals surface area contributed by atoms with E-state index >= 15 is 0 Å². The van der Waals surface area contributed by atoms with Gasteiger partial charge in [0.1, 0.15) is 0 Å². The zero-order valence-electron chi connectivity index (χ0n) is 7.85. The minimum absolute atomic E-state index is 0.179. The third-order valence-electron chi connectivity index (χ3n) is 1.57. The first kappa shape index (κ1) is 12.7. The predicted molar refractivity (Wildman–Crippen MR) is 70.3 cm³/mol. The van der Waals surface area contributed by atoms with E-state index in [0.29, 0.717) is 10.7 Å². The number of amides is 1. The van der Waals surface area contributed by atoms with Crippen LogP contribution in [0.15, 0.2) is 33.2 Å². The summed E-state index contributed by atoms with van der Waals surface area (Å²) in [6.07, 6.45) is 3.13. The van der Waals surface area contributed by atoms with Crippen LogP contribution >= 0.6 is 43.5 Å². The zero-order chi connectivity index (χ0) is 11.4. The highest BCUT2D eigenvalue weighted by molar-refractivity contribution is 9.11. The maximum absolute atomic E-state index is 11.3. The molecule has 5 heteroatoms. The topological polar surface area (TPSA) is 29.1 Å². The minimum Gasteiger partial charge on any atom is -0.321 e. The summed E-state index contributed by atoms with van der Waals surface area (Å²) >= 11 is 12.5. The average molecular weight is 353 g/mol. The van der Waals surface area contributed by atoms with Gasteiger partial charge in [-0.1, -0.05) is 17.7 Å². The van der Waals surface area contributed by atoms with Crippen LogP contribution in [0.3, 0.4) is 0 Å². The molecule has 1 amide bonds. The molecule has 0 spiro atoms. The monoisotopic (exact) mass is 351 g/mol. The Labute approximate surface area is 110 Å². The molecule has 0 saturated carbocycles. The van der Waals surface area contributed by atoms with Crippen molar-refractivity contribution >= 4 is 55.1 Å². The van der Waals surface area contributed by atoms with Crippen molar-refractivity contribution in [3.8, 4) is 0 Å². The van der Waals surface area contributed by atoms with Gasteiger partial charge in [0.05, 0.1) is 5.69 Å². The standard InChI is InChI=1S/C10H8Br2ClNO/c1-2-3-9(15)14-10-7(11)4-6(13)5-8(10)12/h2-5H,1H3,(H,14,15)/b3-2+. The lowest BCUT2D eigenvalue weighted by Gasteiger charge is -2.08. The average Bonchev–Trinajstić information content (AvgIpc) is 2.11. The summed E-state index contributed by atoms with van der Waals surface area (Å²) in [6.45, 7) is 1.78. The van der Waals surface area contributed by atoms with Crippen LogP contribution < -0.4 is 5.32 Å². The van der Waals surface area contributed by atoms with Gasteiger partial charge in [-0.3, -0.25) is 4.79 Å². The Hall–Kier alpha value is -0.320. The summed E-state index contributed by atoms with van der Waals surface area (Å²) in [5.41, 5.74) is 0.669. The van der Waals surface area contributed by atoms with Crippen molar-refractivity contribution in [2.24, 2.45) is 0 Å². The van der Waals surface area contributed by atoms with Crippen LogP contribution in [0.5, 0.6) is 0 Å². The number of rotatable bonds is 2. The summed E-state index contributed by atoms with van der Waals surface area (Å²) in [4.78, 5) is 11.3. The minimum atomic E-state index is -0.179. The molecule has 1 rings (SSSR count). The van der Waals surface area contributed by atoms with Crippen molar-refractivity contribution in [2.75, 3.05) is 5.32 Å². The normalized spacial score (nSPS) is 10.7. The Morgan fingerprint density at radius 1 is 1.40 bits per heavy atom. The van der Waals surface area contributed by atoms with Crippen LogP contribution in [0.25, 0.3) is 0 Å². The lowest BCUT2D eigenvalue weighted by Crippen LogP contribution is -2.08. The second kappa shape index (κ2) is 5.68. The summed E-state index contributed by atoms with van der Waals surface area (Å²) in [5.74, 6) is -0.179. The van der Waals surface area contributed by atoms with E-state index in [4.69, 9.17) is 11.6 Å². The predicted octanol–water partition coefficient (Wildman–Crippen LogP) is 4.38. The number of allylic oxidation sites excluding steroid dienone is 1. The zero-order valence-corrected chi connectivity index (χ0v) is 11.8. The van der Waals surface area contributed by atoms with Crippen LogP contribution in [0.4, 0.5) is 5.69 Å². The van der Waals surface area contributed by atoms with Crippen LogP contribution in [0.2, 0.25) is 5.02 Å². The largest absolute Gasteiger partial charge is 0.321 e. The molecule has 0 fully saturated rings. The molecule has 0 heterocycles. The molecule has 0 aromatic heterocycles. The van der Waals surface area contributed by atoms with Crippen molar-refractivity contribution < 1.29 is 4.79 Å². The number of carbonyl (C=O) groups is 1. The highest BCUT2D eigenvalue weighted by atomic mass is 79.9. The van der Waals surface area contributed by atoms with Gasteiger partial charge in [-0.15, -0.1) is 0 Å². The van der Waals surface area contributed by atoms with Gasteiger partial charge in [0.2, 0.25) is 5.91 Å². The van der Waals surface area contributed by atoms with E-state index in [2.05, 4.69) is 37.2 Å². The van der Waals surface area contributed by atoms with E-state index < -0.39 is 0 Å². The van der Waals surface area contributed by atoms with E-state index in [1.807, 2.05) is 0 Å². The number of anilines is 1. The smallest absolute Gasteiger partial charge is 0.248 e. The molecule has 1 aromatic rings. The number of hydrogen-bond acceptors (Lipinski definition) is 1. The van der Waals surface area contributed by atoms with Crippen molar-refractivity contribution in [2.45, 2.75) is 6.92 Å². The fourth-order valence-electron chi connectivity index (χ4n) is 0.978. The van der Waals surface area contributed by atoms with Gasteiger partial charge in [0.15, 0.2) is 0 Å². The summed E-state index contributed by atoms with van der Waals surface area (Å²) in [6, 6.07) is 3.44. The summed E-state index contributed by atoms with van der Waals surface area (Å²) in [7, 11) is 0.